The third-order valence-electron chi connectivity index (χ3n) is 2.13. The zero-order chi connectivity index (χ0) is 6.81. The summed E-state index contributed by atoms with van der Waals surface area (Å²) in [5.41, 5.74) is 0. The zero-order valence-electron chi connectivity index (χ0n) is 6.01. The molecule has 0 aromatic rings. The van der Waals surface area contributed by atoms with Crippen molar-refractivity contribution in [2.24, 2.45) is 0 Å². The molecule has 3 heteroatoms. The van der Waals surface area contributed by atoms with Crippen LogP contribution in [0.2, 0.25) is 0 Å². The van der Waals surface area contributed by atoms with Gasteiger partial charge in [-0.3, -0.25) is 0 Å². The molecule has 2 saturated heterocycles. The Balaban J connectivity index is 1.93. The average Bonchev–Trinajstić information content (AvgIpc) is 2.05. The van der Waals surface area contributed by atoms with E-state index in [0.29, 0.717) is 12.1 Å². The summed E-state index contributed by atoms with van der Waals surface area (Å²) < 4.78 is 10.8. The molecule has 0 aromatic carbocycles. The number of fused-ring (bicyclic) bond motifs is 1. The molecular weight excluding hydrogens is 130 g/mol. The lowest BCUT2D eigenvalue weighted by Crippen LogP contribution is -2.53. The predicted octanol–water partition coefficient (Wildman–Crippen LogP) is -0.236. The normalized spacial score (nSPS) is 40.8. The van der Waals surface area contributed by atoms with E-state index in [0.717, 1.165) is 32.8 Å². The smallest absolute Gasteiger partial charge is 0.0773 e. The molecule has 2 rings (SSSR count). The van der Waals surface area contributed by atoms with Crippen LogP contribution in [-0.4, -0.2) is 38.5 Å². The number of morpholine rings is 1. The Hall–Kier alpha value is -0.120. The van der Waals surface area contributed by atoms with Gasteiger partial charge in [-0.15, -0.1) is 0 Å². The Morgan fingerprint density at radius 2 is 2.30 bits per heavy atom. The van der Waals surface area contributed by atoms with E-state index in [-0.39, 0.29) is 0 Å². The Labute approximate surface area is 60.7 Å². The van der Waals surface area contributed by atoms with Gasteiger partial charge in [-0.05, 0) is 6.42 Å². The van der Waals surface area contributed by atoms with E-state index in [9.17, 15) is 0 Å². The molecule has 2 aliphatic heterocycles. The van der Waals surface area contributed by atoms with Crippen LogP contribution >= 0.6 is 0 Å². The summed E-state index contributed by atoms with van der Waals surface area (Å²) in [7, 11) is 0. The van der Waals surface area contributed by atoms with E-state index in [2.05, 4.69) is 5.32 Å². The van der Waals surface area contributed by atoms with E-state index in [1.165, 1.54) is 0 Å². The van der Waals surface area contributed by atoms with Gasteiger partial charge in [-0.2, -0.15) is 0 Å². The van der Waals surface area contributed by atoms with Gasteiger partial charge in [0.05, 0.1) is 25.4 Å². The highest BCUT2D eigenvalue weighted by molar-refractivity contribution is 4.83. The van der Waals surface area contributed by atoms with Crippen LogP contribution in [0.5, 0.6) is 0 Å². The highest BCUT2D eigenvalue weighted by Gasteiger charge is 2.28. The minimum Gasteiger partial charge on any atom is -0.380 e. The number of nitrogens with one attached hydrogen (secondary N) is 1. The quantitative estimate of drug-likeness (QED) is 0.508. The van der Waals surface area contributed by atoms with Crippen molar-refractivity contribution in [3.63, 3.8) is 0 Å². The highest BCUT2D eigenvalue weighted by atomic mass is 16.5. The van der Waals surface area contributed by atoms with Gasteiger partial charge in [-0.25, -0.2) is 0 Å². The second-order valence-electron chi connectivity index (χ2n) is 2.83. The van der Waals surface area contributed by atoms with Gasteiger partial charge in [-0.1, -0.05) is 0 Å². The van der Waals surface area contributed by atoms with Crippen LogP contribution in [0, 0.1) is 0 Å². The molecule has 10 heavy (non-hydrogen) atoms. The standard InChI is InChI=1S/C7H13NO2/c1-3-9-5-6-7(1)10-4-2-8-6/h6-8H,1-5H2/t6-,7+/m0/s1. The molecule has 2 aliphatic rings. The summed E-state index contributed by atoms with van der Waals surface area (Å²) in [6, 6.07) is 0.461. The monoisotopic (exact) mass is 143 g/mol. The molecule has 0 radical (unpaired) electrons. The Bertz CT molecular complexity index is 92.2. The van der Waals surface area contributed by atoms with Crippen LogP contribution < -0.4 is 5.32 Å². The van der Waals surface area contributed by atoms with Gasteiger partial charge in [0.15, 0.2) is 0 Å². The molecule has 2 fully saturated rings. The maximum absolute atomic E-state index is 5.54. The molecule has 0 spiro atoms. The van der Waals surface area contributed by atoms with Gasteiger partial charge >= 0.3 is 0 Å². The van der Waals surface area contributed by atoms with Crippen LogP contribution in [0.3, 0.4) is 0 Å². The van der Waals surface area contributed by atoms with Gasteiger partial charge in [0.25, 0.3) is 0 Å². The molecule has 0 aromatic heterocycles. The molecule has 58 valence electrons. The summed E-state index contributed by atoms with van der Waals surface area (Å²) in [5, 5.41) is 3.37. The van der Waals surface area contributed by atoms with Crippen LogP contribution in [0.15, 0.2) is 0 Å². The molecule has 0 saturated carbocycles. The molecule has 0 unspecified atom stereocenters. The van der Waals surface area contributed by atoms with E-state index < -0.39 is 0 Å². The molecule has 0 aliphatic carbocycles. The van der Waals surface area contributed by atoms with Gasteiger partial charge < -0.3 is 14.8 Å². The van der Waals surface area contributed by atoms with E-state index in [4.69, 9.17) is 9.47 Å². The van der Waals surface area contributed by atoms with Crippen molar-refractivity contribution in [1.82, 2.24) is 5.32 Å². The second kappa shape index (κ2) is 2.86. The highest BCUT2D eigenvalue weighted by Crippen LogP contribution is 2.13. The van der Waals surface area contributed by atoms with Crippen molar-refractivity contribution in [2.45, 2.75) is 18.6 Å². The van der Waals surface area contributed by atoms with Gasteiger partial charge in [0, 0.05) is 13.2 Å². The molecule has 2 heterocycles. The van der Waals surface area contributed by atoms with E-state index in [1.54, 1.807) is 0 Å². The summed E-state index contributed by atoms with van der Waals surface area (Å²) in [6.45, 7) is 3.53. The van der Waals surface area contributed by atoms with Crippen molar-refractivity contribution in [3.8, 4) is 0 Å². The first-order valence-electron chi connectivity index (χ1n) is 3.89. The first-order chi connectivity index (χ1) is 4.97. The first-order valence-corrected chi connectivity index (χ1v) is 3.89. The molecular formula is C7H13NO2. The maximum Gasteiger partial charge on any atom is 0.0773 e. The SMILES string of the molecule is C1CO[C@@H]2CCOC[C@@H]2N1. The summed E-state index contributed by atoms with van der Waals surface area (Å²) >= 11 is 0. The second-order valence-corrected chi connectivity index (χ2v) is 2.83. The first kappa shape index (κ1) is 6.58. The lowest BCUT2D eigenvalue weighted by atomic mass is 10.1. The molecule has 0 amide bonds. The minimum absolute atomic E-state index is 0.419. The summed E-state index contributed by atoms with van der Waals surface area (Å²) in [4.78, 5) is 0. The van der Waals surface area contributed by atoms with Crippen molar-refractivity contribution in [2.75, 3.05) is 26.4 Å². The van der Waals surface area contributed by atoms with Crippen molar-refractivity contribution in [1.29, 1.82) is 0 Å². The summed E-state index contributed by atoms with van der Waals surface area (Å²) in [5.74, 6) is 0. The fourth-order valence-corrected chi connectivity index (χ4v) is 1.56. The molecule has 1 N–H and O–H groups in total. The van der Waals surface area contributed by atoms with Crippen LogP contribution in [-0.2, 0) is 9.47 Å². The minimum atomic E-state index is 0.419. The van der Waals surface area contributed by atoms with Crippen LogP contribution in [0.4, 0.5) is 0 Å². The number of hydrogen-bond acceptors (Lipinski definition) is 3. The van der Waals surface area contributed by atoms with Gasteiger partial charge in [0.2, 0.25) is 0 Å². The third kappa shape index (κ3) is 1.17. The Morgan fingerprint density at radius 1 is 1.30 bits per heavy atom. The van der Waals surface area contributed by atoms with Crippen molar-refractivity contribution < 1.29 is 9.47 Å². The van der Waals surface area contributed by atoms with E-state index in [1.807, 2.05) is 0 Å². The average molecular weight is 143 g/mol. The fourth-order valence-electron chi connectivity index (χ4n) is 1.56. The van der Waals surface area contributed by atoms with Crippen LogP contribution in [0.25, 0.3) is 0 Å². The predicted molar refractivity (Wildman–Crippen MR) is 37.0 cm³/mol. The van der Waals surface area contributed by atoms with Crippen molar-refractivity contribution >= 4 is 0 Å². The molecule has 3 nitrogen and oxygen atoms in total. The Morgan fingerprint density at radius 3 is 3.20 bits per heavy atom. The lowest BCUT2D eigenvalue weighted by molar-refractivity contribution is -0.0780. The largest absolute Gasteiger partial charge is 0.380 e. The third-order valence-corrected chi connectivity index (χ3v) is 2.13. The number of ether oxygens (including phenoxy) is 2. The fraction of sp³-hybridized carbons (Fsp3) is 1.00. The molecule has 2 atom stereocenters. The van der Waals surface area contributed by atoms with Gasteiger partial charge in [0.1, 0.15) is 0 Å². The molecule has 0 bridgehead atoms. The van der Waals surface area contributed by atoms with Crippen molar-refractivity contribution in [3.05, 3.63) is 0 Å². The topological polar surface area (TPSA) is 30.5 Å². The zero-order valence-corrected chi connectivity index (χ0v) is 6.01. The number of hydrogen-bond donors (Lipinski definition) is 1. The number of rotatable bonds is 0. The lowest BCUT2D eigenvalue weighted by Gasteiger charge is -2.35. The Kier molecular flexibility index (Phi) is 1.88. The van der Waals surface area contributed by atoms with Crippen LogP contribution in [0.1, 0.15) is 6.42 Å². The summed E-state index contributed by atoms with van der Waals surface area (Å²) in [6.07, 6.45) is 1.47. The van der Waals surface area contributed by atoms with E-state index >= 15 is 0 Å². The maximum atomic E-state index is 5.54.